The van der Waals surface area contributed by atoms with Gasteiger partial charge >= 0.3 is 0 Å². The Morgan fingerprint density at radius 1 is 1.47 bits per heavy atom. The van der Waals surface area contributed by atoms with E-state index in [4.69, 9.17) is 4.74 Å². The number of amides is 2. The number of rotatable bonds is 4. The summed E-state index contributed by atoms with van der Waals surface area (Å²) in [7, 11) is 1.60. The molecule has 2 heterocycles. The maximum absolute atomic E-state index is 11.6. The molecule has 1 aliphatic heterocycles. The van der Waals surface area contributed by atoms with Crippen LogP contribution in [0.15, 0.2) is 12.1 Å². The highest BCUT2D eigenvalue weighted by Gasteiger charge is 2.25. The summed E-state index contributed by atoms with van der Waals surface area (Å²) in [6.07, 6.45) is 0.890. The molecular formula is C13H17N3O3. The van der Waals surface area contributed by atoms with Gasteiger partial charge in [-0.3, -0.25) is 19.9 Å². The van der Waals surface area contributed by atoms with E-state index < -0.39 is 0 Å². The van der Waals surface area contributed by atoms with E-state index in [0.29, 0.717) is 19.4 Å². The average molecular weight is 263 g/mol. The summed E-state index contributed by atoms with van der Waals surface area (Å²) >= 11 is 0. The van der Waals surface area contributed by atoms with Gasteiger partial charge in [0.05, 0.1) is 18.8 Å². The molecule has 6 heteroatoms. The number of aromatic nitrogens is 1. The van der Waals surface area contributed by atoms with Crippen molar-refractivity contribution in [2.24, 2.45) is 0 Å². The summed E-state index contributed by atoms with van der Waals surface area (Å²) in [4.78, 5) is 27.0. The third kappa shape index (κ3) is 3.51. The van der Waals surface area contributed by atoms with Crippen LogP contribution in [-0.2, 0) is 16.1 Å². The molecule has 2 amide bonds. The van der Waals surface area contributed by atoms with Crippen LogP contribution in [0.4, 0.5) is 0 Å². The van der Waals surface area contributed by atoms with Crippen LogP contribution in [0.1, 0.15) is 24.2 Å². The molecule has 1 saturated heterocycles. The Labute approximate surface area is 111 Å². The van der Waals surface area contributed by atoms with Gasteiger partial charge in [-0.2, -0.15) is 0 Å². The van der Waals surface area contributed by atoms with Gasteiger partial charge in [0, 0.05) is 30.8 Å². The Kier molecular flexibility index (Phi) is 4.11. The first kappa shape index (κ1) is 13.5. The van der Waals surface area contributed by atoms with Crippen LogP contribution in [0.2, 0.25) is 0 Å². The minimum absolute atomic E-state index is 0.210. The molecule has 1 fully saturated rings. The van der Waals surface area contributed by atoms with Crippen LogP contribution in [0.25, 0.3) is 0 Å². The van der Waals surface area contributed by atoms with E-state index in [1.54, 1.807) is 7.11 Å². The standard InChI is InChI=1S/C13H17N3O3/c1-8-5-10(19-2)6-9(15-8)7-14-11-3-4-12(17)16-13(11)18/h5-6,11,14H,3-4,7H2,1-2H3,(H,16,17,18). The molecule has 0 spiro atoms. The van der Waals surface area contributed by atoms with Gasteiger partial charge in [0.15, 0.2) is 0 Å². The summed E-state index contributed by atoms with van der Waals surface area (Å²) in [5.74, 6) is 0.266. The average Bonchev–Trinajstić information content (AvgIpc) is 2.37. The number of pyridine rings is 1. The van der Waals surface area contributed by atoms with E-state index in [0.717, 1.165) is 17.1 Å². The van der Waals surface area contributed by atoms with Crippen molar-refractivity contribution < 1.29 is 14.3 Å². The Bertz CT molecular complexity index is 502. The number of methoxy groups -OCH3 is 1. The van der Waals surface area contributed by atoms with E-state index in [-0.39, 0.29) is 17.9 Å². The lowest BCUT2D eigenvalue weighted by atomic mass is 10.1. The molecule has 2 rings (SSSR count). The molecule has 102 valence electrons. The number of nitrogens with zero attached hydrogens (tertiary/aromatic N) is 1. The Hall–Kier alpha value is -1.95. The van der Waals surface area contributed by atoms with Crippen molar-refractivity contribution >= 4 is 11.8 Å². The number of carbonyl (C=O) groups excluding carboxylic acids is 2. The zero-order valence-corrected chi connectivity index (χ0v) is 11.0. The zero-order valence-electron chi connectivity index (χ0n) is 11.0. The molecule has 1 unspecified atom stereocenters. The van der Waals surface area contributed by atoms with Crippen LogP contribution in [0, 0.1) is 6.92 Å². The third-order valence-electron chi connectivity index (χ3n) is 2.98. The van der Waals surface area contributed by atoms with Gasteiger partial charge in [-0.1, -0.05) is 0 Å². The maximum Gasteiger partial charge on any atom is 0.243 e. The van der Waals surface area contributed by atoms with E-state index in [1.165, 1.54) is 0 Å². The first-order valence-corrected chi connectivity index (χ1v) is 6.17. The lowest BCUT2D eigenvalue weighted by Crippen LogP contribution is -2.50. The number of aryl methyl sites for hydroxylation is 1. The fourth-order valence-corrected chi connectivity index (χ4v) is 2.03. The molecule has 0 aliphatic carbocycles. The Balaban J connectivity index is 1.97. The maximum atomic E-state index is 11.6. The van der Waals surface area contributed by atoms with E-state index in [1.807, 2.05) is 19.1 Å². The van der Waals surface area contributed by atoms with Crippen LogP contribution < -0.4 is 15.4 Å². The molecule has 19 heavy (non-hydrogen) atoms. The fraction of sp³-hybridized carbons (Fsp3) is 0.462. The minimum Gasteiger partial charge on any atom is -0.497 e. The second-order valence-corrected chi connectivity index (χ2v) is 4.52. The second-order valence-electron chi connectivity index (χ2n) is 4.52. The topological polar surface area (TPSA) is 80.3 Å². The second kappa shape index (κ2) is 5.79. The predicted octanol–water partition coefficient (Wildman–Crippen LogP) is 0.293. The Morgan fingerprint density at radius 2 is 2.26 bits per heavy atom. The van der Waals surface area contributed by atoms with Crippen molar-refractivity contribution in [3.05, 3.63) is 23.5 Å². The number of imide groups is 1. The van der Waals surface area contributed by atoms with Gasteiger partial charge in [-0.25, -0.2) is 0 Å². The van der Waals surface area contributed by atoms with E-state index >= 15 is 0 Å². The quantitative estimate of drug-likeness (QED) is 0.763. The van der Waals surface area contributed by atoms with Crippen molar-refractivity contribution in [1.82, 2.24) is 15.6 Å². The SMILES string of the molecule is COc1cc(C)nc(CNC2CCC(=O)NC2=O)c1. The van der Waals surface area contributed by atoms with Crippen molar-refractivity contribution in [2.45, 2.75) is 32.4 Å². The van der Waals surface area contributed by atoms with Crippen LogP contribution in [0.3, 0.4) is 0 Å². The number of nitrogens with one attached hydrogen (secondary N) is 2. The van der Waals surface area contributed by atoms with Crippen molar-refractivity contribution in [2.75, 3.05) is 7.11 Å². The molecule has 6 nitrogen and oxygen atoms in total. The molecule has 1 aliphatic rings. The summed E-state index contributed by atoms with van der Waals surface area (Å²) in [6, 6.07) is 3.33. The first-order chi connectivity index (χ1) is 9.08. The lowest BCUT2D eigenvalue weighted by Gasteiger charge is -2.21. The largest absolute Gasteiger partial charge is 0.497 e. The number of hydrogen-bond acceptors (Lipinski definition) is 5. The monoisotopic (exact) mass is 263 g/mol. The predicted molar refractivity (Wildman–Crippen MR) is 68.5 cm³/mol. The molecule has 1 aromatic heterocycles. The number of piperidine rings is 1. The van der Waals surface area contributed by atoms with Gasteiger partial charge in [-0.05, 0) is 13.3 Å². The summed E-state index contributed by atoms with van der Waals surface area (Å²) in [5.41, 5.74) is 1.67. The van der Waals surface area contributed by atoms with Gasteiger partial charge in [0.25, 0.3) is 0 Å². The van der Waals surface area contributed by atoms with Gasteiger partial charge < -0.3 is 10.1 Å². The smallest absolute Gasteiger partial charge is 0.243 e. The molecular weight excluding hydrogens is 246 g/mol. The highest BCUT2D eigenvalue weighted by molar-refractivity contribution is 6.00. The van der Waals surface area contributed by atoms with Crippen molar-refractivity contribution in [3.8, 4) is 5.75 Å². The normalized spacial score (nSPS) is 19.2. The van der Waals surface area contributed by atoms with Crippen LogP contribution in [0.5, 0.6) is 5.75 Å². The Morgan fingerprint density at radius 3 is 2.95 bits per heavy atom. The van der Waals surface area contributed by atoms with Gasteiger partial charge in [0.1, 0.15) is 5.75 Å². The van der Waals surface area contributed by atoms with Crippen molar-refractivity contribution in [3.63, 3.8) is 0 Å². The lowest BCUT2D eigenvalue weighted by molar-refractivity contribution is -0.134. The van der Waals surface area contributed by atoms with E-state index in [2.05, 4.69) is 15.6 Å². The molecule has 1 atom stereocenters. The number of hydrogen-bond donors (Lipinski definition) is 2. The highest BCUT2D eigenvalue weighted by atomic mass is 16.5. The fourth-order valence-electron chi connectivity index (χ4n) is 2.03. The van der Waals surface area contributed by atoms with E-state index in [9.17, 15) is 9.59 Å². The van der Waals surface area contributed by atoms with Crippen LogP contribution >= 0.6 is 0 Å². The van der Waals surface area contributed by atoms with Crippen LogP contribution in [-0.4, -0.2) is 29.9 Å². The number of carbonyl (C=O) groups is 2. The highest BCUT2D eigenvalue weighted by Crippen LogP contribution is 2.13. The summed E-state index contributed by atoms with van der Waals surface area (Å²) in [5, 5.41) is 5.42. The molecule has 2 N–H and O–H groups in total. The molecule has 0 saturated carbocycles. The molecule has 0 aromatic carbocycles. The summed E-state index contributed by atoms with van der Waals surface area (Å²) < 4.78 is 5.17. The summed E-state index contributed by atoms with van der Waals surface area (Å²) in [6.45, 7) is 2.35. The van der Waals surface area contributed by atoms with Gasteiger partial charge in [-0.15, -0.1) is 0 Å². The van der Waals surface area contributed by atoms with Crippen molar-refractivity contribution in [1.29, 1.82) is 0 Å². The zero-order chi connectivity index (χ0) is 13.8. The van der Waals surface area contributed by atoms with Gasteiger partial charge in [0.2, 0.25) is 11.8 Å². The molecule has 0 radical (unpaired) electrons. The minimum atomic E-state index is -0.342. The number of ether oxygens (including phenoxy) is 1. The molecule has 1 aromatic rings. The molecule has 0 bridgehead atoms. The third-order valence-corrected chi connectivity index (χ3v) is 2.98. The first-order valence-electron chi connectivity index (χ1n) is 6.17.